The Kier molecular flexibility index (Phi) is 5.24. The van der Waals surface area contributed by atoms with Crippen LogP contribution in [0.25, 0.3) is 11.1 Å². The molecule has 1 aromatic heterocycles. The molecule has 0 saturated heterocycles. The van der Waals surface area contributed by atoms with Gasteiger partial charge in [0.2, 0.25) is 5.95 Å². The molecule has 0 radical (unpaired) electrons. The van der Waals surface area contributed by atoms with Gasteiger partial charge in [0, 0.05) is 17.6 Å². The minimum Gasteiger partial charge on any atom is -0.341 e. The number of hydrogen-bond donors (Lipinski definition) is 0. The molecule has 0 bridgehead atoms. The number of nitrogens with zero attached hydrogens (tertiary/aromatic N) is 3. The van der Waals surface area contributed by atoms with Gasteiger partial charge in [-0.1, -0.05) is 51.3 Å². The van der Waals surface area contributed by atoms with Crippen LogP contribution in [0.2, 0.25) is 10.3 Å². The van der Waals surface area contributed by atoms with Crippen molar-refractivity contribution in [3.8, 4) is 11.1 Å². The first-order valence-electron chi connectivity index (χ1n) is 6.30. The number of anilines is 1. The molecule has 0 aliphatic heterocycles. The molecule has 20 heavy (non-hydrogen) atoms. The predicted molar refractivity (Wildman–Crippen MR) is 88.7 cm³/mol. The van der Waals surface area contributed by atoms with Gasteiger partial charge < -0.3 is 4.90 Å². The first kappa shape index (κ1) is 15.5. The molecule has 0 atom stereocenters. The van der Waals surface area contributed by atoms with Crippen LogP contribution in [0.1, 0.15) is 13.8 Å². The van der Waals surface area contributed by atoms with E-state index in [-0.39, 0.29) is 0 Å². The molecule has 106 valence electrons. The third-order valence-corrected chi connectivity index (χ3v) is 4.01. The van der Waals surface area contributed by atoms with Crippen molar-refractivity contribution in [1.29, 1.82) is 0 Å². The van der Waals surface area contributed by atoms with Gasteiger partial charge in [0.25, 0.3) is 0 Å². The standard InChI is InChI=1S/C14H14BrCl2N3/c1-3-20(4-2)14-18-12(16)11(13(17)19-14)9-6-5-7-10(15)8-9/h5-8H,3-4H2,1-2H3. The number of benzene rings is 1. The number of aromatic nitrogens is 2. The smallest absolute Gasteiger partial charge is 0.228 e. The van der Waals surface area contributed by atoms with Crippen molar-refractivity contribution in [3.05, 3.63) is 39.0 Å². The van der Waals surface area contributed by atoms with E-state index in [0.29, 0.717) is 21.8 Å². The van der Waals surface area contributed by atoms with Crippen LogP contribution in [0.3, 0.4) is 0 Å². The van der Waals surface area contributed by atoms with Crippen LogP contribution in [-0.4, -0.2) is 23.1 Å². The maximum absolute atomic E-state index is 6.30. The Hall–Kier alpha value is -0.840. The maximum atomic E-state index is 6.30. The minimum absolute atomic E-state index is 0.366. The van der Waals surface area contributed by atoms with Crippen LogP contribution >= 0.6 is 39.1 Å². The zero-order valence-corrected chi connectivity index (χ0v) is 14.3. The van der Waals surface area contributed by atoms with Gasteiger partial charge >= 0.3 is 0 Å². The van der Waals surface area contributed by atoms with Gasteiger partial charge in [-0.25, -0.2) is 9.97 Å². The molecular formula is C14H14BrCl2N3. The fourth-order valence-electron chi connectivity index (χ4n) is 1.93. The van der Waals surface area contributed by atoms with Gasteiger partial charge in [-0.05, 0) is 31.5 Å². The van der Waals surface area contributed by atoms with E-state index in [1.54, 1.807) is 0 Å². The van der Waals surface area contributed by atoms with Crippen molar-refractivity contribution in [2.24, 2.45) is 0 Å². The second-order valence-electron chi connectivity index (χ2n) is 4.16. The lowest BCUT2D eigenvalue weighted by atomic mass is 10.1. The van der Waals surface area contributed by atoms with E-state index in [4.69, 9.17) is 23.2 Å². The molecule has 0 aliphatic carbocycles. The van der Waals surface area contributed by atoms with Crippen molar-refractivity contribution in [2.75, 3.05) is 18.0 Å². The van der Waals surface area contributed by atoms with Crippen molar-refractivity contribution in [1.82, 2.24) is 9.97 Å². The highest BCUT2D eigenvalue weighted by molar-refractivity contribution is 9.10. The largest absolute Gasteiger partial charge is 0.341 e. The summed E-state index contributed by atoms with van der Waals surface area (Å²) in [4.78, 5) is 10.7. The van der Waals surface area contributed by atoms with E-state index in [2.05, 4.69) is 25.9 Å². The monoisotopic (exact) mass is 373 g/mol. The summed E-state index contributed by atoms with van der Waals surface area (Å²) in [6, 6.07) is 7.73. The van der Waals surface area contributed by atoms with Crippen LogP contribution in [0, 0.1) is 0 Å². The Bertz CT molecular complexity index is 592. The number of halogens is 3. The van der Waals surface area contributed by atoms with Crippen molar-refractivity contribution >= 4 is 45.1 Å². The molecular weight excluding hydrogens is 361 g/mol. The molecule has 1 heterocycles. The van der Waals surface area contributed by atoms with Crippen molar-refractivity contribution in [2.45, 2.75) is 13.8 Å². The Morgan fingerprint density at radius 2 is 1.70 bits per heavy atom. The molecule has 0 aliphatic rings. The molecule has 0 N–H and O–H groups in total. The van der Waals surface area contributed by atoms with E-state index in [1.807, 2.05) is 43.0 Å². The van der Waals surface area contributed by atoms with E-state index in [9.17, 15) is 0 Å². The van der Waals surface area contributed by atoms with Crippen LogP contribution in [0.5, 0.6) is 0 Å². The van der Waals surface area contributed by atoms with Crippen LogP contribution in [0.15, 0.2) is 28.7 Å². The maximum Gasteiger partial charge on any atom is 0.228 e. The predicted octanol–water partition coefficient (Wildman–Crippen LogP) is 5.06. The van der Waals surface area contributed by atoms with Gasteiger partial charge in [-0.15, -0.1) is 0 Å². The summed E-state index contributed by atoms with van der Waals surface area (Å²) < 4.78 is 0.954. The normalized spacial score (nSPS) is 10.7. The zero-order chi connectivity index (χ0) is 14.7. The Morgan fingerprint density at radius 1 is 1.10 bits per heavy atom. The molecule has 0 fully saturated rings. The lowest BCUT2D eigenvalue weighted by Gasteiger charge is -2.19. The lowest BCUT2D eigenvalue weighted by molar-refractivity contribution is 0.822. The fraction of sp³-hybridized carbons (Fsp3) is 0.286. The molecule has 0 saturated carbocycles. The summed E-state index contributed by atoms with van der Waals surface area (Å²) in [5, 5.41) is 0.731. The molecule has 2 aromatic rings. The highest BCUT2D eigenvalue weighted by atomic mass is 79.9. The third kappa shape index (κ3) is 3.25. The fourth-order valence-corrected chi connectivity index (χ4v) is 2.92. The molecule has 1 aromatic carbocycles. The quantitative estimate of drug-likeness (QED) is 0.700. The number of hydrogen-bond acceptors (Lipinski definition) is 3. The SMILES string of the molecule is CCN(CC)c1nc(Cl)c(-c2cccc(Br)c2)c(Cl)n1. The molecule has 2 rings (SSSR count). The van der Waals surface area contributed by atoms with Gasteiger partial charge in [-0.3, -0.25) is 0 Å². The summed E-state index contributed by atoms with van der Waals surface area (Å²) >= 11 is 16.0. The summed E-state index contributed by atoms with van der Waals surface area (Å²) in [7, 11) is 0. The van der Waals surface area contributed by atoms with E-state index in [0.717, 1.165) is 23.1 Å². The van der Waals surface area contributed by atoms with Crippen LogP contribution in [-0.2, 0) is 0 Å². The Labute approximate surface area is 137 Å². The Balaban J connectivity index is 2.51. The summed E-state index contributed by atoms with van der Waals surface area (Å²) in [5.41, 5.74) is 1.55. The molecule has 3 nitrogen and oxygen atoms in total. The minimum atomic E-state index is 0.366. The summed E-state index contributed by atoms with van der Waals surface area (Å²) in [6.07, 6.45) is 0. The van der Waals surface area contributed by atoms with E-state index in [1.165, 1.54) is 0 Å². The van der Waals surface area contributed by atoms with Crippen molar-refractivity contribution in [3.63, 3.8) is 0 Å². The summed E-state index contributed by atoms with van der Waals surface area (Å²) in [6.45, 7) is 5.69. The molecule has 0 spiro atoms. The first-order chi connectivity index (χ1) is 9.56. The lowest BCUT2D eigenvalue weighted by Crippen LogP contribution is -2.24. The zero-order valence-electron chi connectivity index (χ0n) is 11.2. The van der Waals surface area contributed by atoms with Crippen LogP contribution < -0.4 is 4.90 Å². The molecule has 0 amide bonds. The van der Waals surface area contributed by atoms with Gasteiger partial charge in [0.05, 0.1) is 5.56 Å². The van der Waals surface area contributed by atoms with Gasteiger partial charge in [0.15, 0.2) is 0 Å². The van der Waals surface area contributed by atoms with Crippen molar-refractivity contribution < 1.29 is 0 Å². The number of rotatable bonds is 4. The second kappa shape index (κ2) is 6.74. The first-order valence-corrected chi connectivity index (χ1v) is 7.85. The second-order valence-corrected chi connectivity index (χ2v) is 5.79. The molecule has 6 heteroatoms. The topological polar surface area (TPSA) is 29.0 Å². The van der Waals surface area contributed by atoms with E-state index < -0.39 is 0 Å². The van der Waals surface area contributed by atoms with E-state index >= 15 is 0 Å². The van der Waals surface area contributed by atoms with Gasteiger partial charge in [0.1, 0.15) is 10.3 Å². The van der Waals surface area contributed by atoms with Gasteiger partial charge in [-0.2, -0.15) is 0 Å². The van der Waals surface area contributed by atoms with Crippen LogP contribution in [0.4, 0.5) is 5.95 Å². The highest BCUT2D eigenvalue weighted by Crippen LogP contribution is 2.34. The highest BCUT2D eigenvalue weighted by Gasteiger charge is 2.16. The average Bonchev–Trinajstić information content (AvgIpc) is 2.39. The average molecular weight is 375 g/mol. The third-order valence-electron chi connectivity index (χ3n) is 2.97. The molecule has 0 unspecified atom stereocenters. The Morgan fingerprint density at radius 3 is 2.20 bits per heavy atom. The summed E-state index contributed by atoms with van der Waals surface area (Å²) in [5.74, 6) is 0.559.